The van der Waals surface area contributed by atoms with E-state index in [0.717, 1.165) is 26.7 Å². The van der Waals surface area contributed by atoms with Crippen molar-refractivity contribution < 1.29 is 9.90 Å². The highest BCUT2D eigenvalue weighted by molar-refractivity contribution is 5.87. The van der Waals surface area contributed by atoms with E-state index in [4.69, 9.17) is 0 Å². The van der Waals surface area contributed by atoms with Gasteiger partial charge in [-0.05, 0) is 36.6 Å². The summed E-state index contributed by atoms with van der Waals surface area (Å²) >= 11 is 0. The number of hydrogen-bond donors (Lipinski definition) is 1. The van der Waals surface area contributed by atoms with Gasteiger partial charge in [0.15, 0.2) is 6.04 Å². The molecule has 2 heterocycles. The van der Waals surface area contributed by atoms with Crippen LogP contribution in [0, 0.1) is 6.92 Å². The fraction of sp³-hybridized carbons (Fsp3) is 0.179. The Kier molecular flexibility index (Phi) is 6.32. The zero-order chi connectivity index (χ0) is 24.4. The van der Waals surface area contributed by atoms with Crippen LogP contribution >= 0.6 is 0 Å². The molecule has 4 aromatic rings. The first-order chi connectivity index (χ1) is 16.3. The van der Waals surface area contributed by atoms with Crippen molar-refractivity contribution in [2.24, 2.45) is 7.05 Å². The molecular formula is C28H27N3O3. The largest absolute Gasteiger partial charge is 0.479 e. The average Bonchev–Trinajstić information content (AvgIpc) is 3.14. The molecule has 0 bridgehead atoms. The van der Waals surface area contributed by atoms with Crippen molar-refractivity contribution in [3.05, 3.63) is 110 Å². The zero-order valence-electron chi connectivity index (χ0n) is 19.5. The summed E-state index contributed by atoms with van der Waals surface area (Å²) in [5.74, 6) is -1.16. The summed E-state index contributed by atoms with van der Waals surface area (Å²) in [5, 5.41) is 16.6. The Morgan fingerprint density at radius 2 is 1.91 bits per heavy atom. The Morgan fingerprint density at radius 1 is 1.18 bits per heavy atom. The SMILES string of the molecule is C=c1c(=O)n(C(C(=O)O)c2ccccc2)nc(Cc2cn(C)c3cccc(C)c23)/c1=C/C=C\C. The van der Waals surface area contributed by atoms with E-state index in [1.807, 2.05) is 38.3 Å². The van der Waals surface area contributed by atoms with Gasteiger partial charge in [-0.1, -0.05) is 67.3 Å². The van der Waals surface area contributed by atoms with Gasteiger partial charge < -0.3 is 9.67 Å². The second-order valence-corrected chi connectivity index (χ2v) is 8.34. The van der Waals surface area contributed by atoms with Gasteiger partial charge in [-0.3, -0.25) is 4.79 Å². The highest BCUT2D eigenvalue weighted by Gasteiger charge is 2.25. The highest BCUT2D eigenvalue weighted by atomic mass is 16.4. The molecule has 1 atom stereocenters. The van der Waals surface area contributed by atoms with Gasteiger partial charge in [0.2, 0.25) is 0 Å². The molecule has 0 fully saturated rings. The molecule has 0 saturated heterocycles. The van der Waals surface area contributed by atoms with Crippen LogP contribution in [0.3, 0.4) is 0 Å². The maximum Gasteiger partial charge on any atom is 0.333 e. The van der Waals surface area contributed by atoms with Crippen LogP contribution in [-0.4, -0.2) is 25.4 Å². The summed E-state index contributed by atoms with van der Waals surface area (Å²) in [6.45, 7) is 7.97. The molecule has 4 rings (SSSR count). The van der Waals surface area contributed by atoms with Crippen molar-refractivity contribution in [1.82, 2.24) is 14.3 Å². The molecule has 1 unspecified atom stereocenters. The molecule has 172 valence electrons. The molecule has 0 aliphatic rings. The van der Waals surface area contributed by atoms with Gasteiger partial charge in [0, 0.05) is 41.0 Å². The van der Waals surface area contributed by atoms with Gasteiger partial charge in [0.05, 0.1) is 5.69 Å². The first kappa shape index (κ1) is 23.0. The third kappa shape index (κ3) is 4.10. The van der Waals surface area contributed by atoms with E-state index in [1.54, 1.807) is 30.3 Å². The monoisotopic (exact) mass is 453 g/mol. The van der Waals surface area contributed by atoms with Gasteiger partial charge in [-0.25, -0.2) is 9.48 Å². The average molecular weight is 454 g/mol. The predicted molar refractivity (Wildman–Crippen MR) is 135 cm³/mol. The predicted octanol–water partition coefficient (Wildman–Crippen LogP) is 3.08. The first-order valence-electron chi connectivity index (χ1n) is 11.1. The summed E-state index contributed by atoms with van der Waals surface area (Å²) in [4.78, 5) is 25.5. The van der Waals surface area contributed by atoms with Gasteiger partial charge in [-0.15, -0.1) is 0 Å². The third-order valence-electron chi connectivity index (χ3n) is 6.04. The van der Waals surface area contributed by atoms with Crippen molar-refractivity contribution in [2.45, 2.75) is 26.3 Å². The number of aromatic nitrogens is 3. The maximum atomic E-state index is 13.3. The lowest BCUT2D eigenvalue weighted by molar-refractivity contribution is -0.140. The number of hydrogen-bond acceptors (Lipinski definition) is 3. The molecule has 0 spiro atoms. The Bertz CT molecular complexity index is 1580. The lowest BCUT2D eigenvalue weighted by Crippen LogP contribution is -2.50. The number of carbonyl (C=O) groups is 1. The lowest BCUT2D eigenvalue weighted by Gasteiger charge is -2.16. The van der Waals surface area contributed by atoms with Crippen LogP contribution in [0.25, 0.3) is 23.6 Å². The molecule has 0 aliphatic carbocycles. The minimum atomic E-state index is -1.25. The summed E-state index contributed by atoms with van der Waals surface area (Å²) in [7, 11) is 2.00. The molecule has 0 saturated carbocycles. The number of carboxylic acids is 1. The minimum Gasteiger partial charge on any atom is -0.479 e. The van der Waals surface area contributed by atoms with Crippen LogP contribution in [0.5, 0.6) is 0 Å². The molecule has 0 aliphatic heterocycles. The zero-order valence-corrected chi connectivity index (χ0v) is 19.5. The molecule has 2 aromatic carbocycles. The van der Waals surface area contributed by atoms with Crippen LogP contribution in [0.15, 0.2) is 71.7 Å². The van der Waals surface area contributed by atoms with Crippen molar-refractivity contribution in [1.29, 1.82) is 0 Å². The van der Waals surface area contributed by atoms with E-state index in [2.05, 4.69) is 41.5 Å². The Morgan fingerprint density at radius 3 is 2.59 bits per heavy atom. The van der Waals surface area contributed by atoms with Gasteiger partial charge in [-0.2, -0.15) is 5.10 Å². The number of allylic oxidation sites excluding steroid dienone is 2. The fourth-order valence-corrected chi connectivity index (χ4v) is 4.42. The van der Waals surface area contributed by atoms with E-state index >= 15 is 0 Å². The molecule has 6 heteroatoms. The van der Waals surface area contributed by atoms with E-state index in [9.17, 15) is 14.7 Å². The van der Waals surface area contributed by atoms with E-state index in [-0.39, 0.29) is 5.22 Å². The van der Waals surface area contributed by atoms with Gasteiger partial charge in [0.1, 0.15) is 0 Å². The number of carboxylic acid groups (broad SMARTS) is 1. The highest BCUT2D eigenvalue weighted by Crippen LogP contribution is 2.25. The number of nitrogens with zero attached hydrogens (tertiary/aromatic N) is 3. The second kappa shape index (κ2) is 9.35. The van der Waals surface area contributed by atoms with Gasteiger partial charge >= 0.3 is 5.97 Å². The minimum absolute atomic E-state index is 0.224. The fourth-order valence-electron chi connectivity index (χ4n) is 4.42. The first-order valence-corrected chi connectivity index (χ1v) is 11.1. The van der Waals surface area contributed by atoms with Crippen LogP contribution < -0.4 is 16.0 Å². The van der Waals surface area contributed by atoms with Crippen molar-refractivity contribution in [3.8, 4) is 0 Å². The number of benzene rings is 2. The summed E-state index contributed by atoms with van der Waals surface area (Å²) < 4.78 is 3.12. The van der Waals surface area contributed by atoms with Crippen LogP contribution in [0.2, 0.25) is 0 Å². The molecule has 34 heavy (non-hydrogen) atoms. The molecule has 6 nitrogen and oxygen atoms in total. The summed E-state index contributed by atoms with van der Waals surface area (Å²) in [6.07, 6.45) is 7.99. The summed E-state index contributed by atoms with van der Waals surface area (Å²) in [5.41, 5.74) is 3.84. The molecular weight excluding hydrogens is 426 g/mol. The quantitative estimate of drug-likeness (QED) is 0.487. The Hall–Kier alpha value is -4.19. The topological polar surface area (TPSA) is 77.1 Å². The Balaban J connectivity index is 1.99. The number of aryl methyl sites for hydroxylation is 2. The van der Waals surface area contributed by atoms with Crippen molar-refractivity contribution >= 4 is 29.5 Å². The second-order valence-electron chi connectivity index (χ2n) is 8.34. The summed E-state index contributed by atoms with van der Waals surface area (Å²) in [6, 6.07) is 13.6. The third-order valence-corrected chi connectivity index (χ3v) is 6.04. The normalized spacial score (nSPS) is 13.1. The van der Waals surface area contributed by atoms with Crippen molar-refractivity contribution in [2.75, 3.05) is 0 Å². The number of aliphatic carboxylic acids is 1. The van der Waals surface area contributed by atoms with Gasteiger partial charge in [0.25, 0.3) is 5.56 Å². The smallest absolute Gasteiger partial charge is 0.333 e. The van der Waals surface area contributed by atoms with E-state index in [0.29, 0.717) is 22.9 Å². The van der Waals surface area contributed by atoms with Crippen molar-refractivity contribution in [3.63, 3.8) is 0 Å². The number of fused-ring (bicyclic) bond motifs is 1. The van der Waals surface area contributed by atoms with E-state index < -0.39 is 17.6 Å². The molecule has 1 N–H and O–H groups in total. The standard InChI is InChI=1S/C28H27N3O3/c1-5-6-14-22-19(3)27(32)31(26(28(33)34)20-12-8-7-9-13-20)29-23(22)16-21-17-30(4)24-15-10-11-18(2)25(21)24/h5-15,17,26H,3,16H2,1-2,4H3,(H,33,34)/b6-5-,22-14+. The molecule has 2 aromatic heterocycles. The lowest BCUT2D eigenvalue weighted by atomic mass is 10.0. The van der Waals surface area contributed by atoms with Crippen LogP contribution in [0.1, 0.15) is 35.3 Å². The molecule has 0 amide bonds. The Labute approximate surface area is 197 Å². The van der Waals surface area contributed by atoms with Crippen LogP contribution in [0.4, 0.5) is 0 Å². The molecule has 0 radical (unpaired) electrons. The van der Waals surface area contributed by atoms with Crippen LogP contribution in [-0.2, 0) is 18.3 Å². The number of rotatable bonds is 6. The maximum absolute atomic E-state index is 13.3. The van der Waals surface area contributed by atoms with E-state index in [1.165, 1.54) is 0 Å².